The van der Waals surface area contributed by atoms with Crippen LogP contribution < -0.4 is 39.6 Å². The quantitative estimate of drug-likeness (QED) is 0.0394. The molecule has 20 nitrogen and oxygen atoms in total. The summed E-state index contributed by atoms with van der Waals surface area (Å²) < 4.78 is 29.0. The molecular weight excluding hydrogens is 1080 g/mol. The first-order valence-electron chi connectivity index (χ1n) is 29.4. The molecule has 0 radical (unpaired) electrons. The molecule has 1 fully saturated rings. The molecule has 5 heterocycles. The third-order valence-corrected chi connectivity index (χ3v) is 16.4. The van der Waals surface area contributed by atoms with Crippen molar-refractivity contribution in [2.45, 2.75) is 123 Å². The summed E-state index contributed by atoms with van der Waals surface area (Å²) in [5.41, 5.74) is 5.96. The van der Waals surface area contributed by atoms with Gasteiger partial charge in [0.05, 0.1) is 75.0 Å². The van der Waals surface area contributed by atoms with Crippen LogP contribution in [0.15, 0.2) is 95.2 Å². The Morgan fingerprint density at radius 3 is 1.67 bits per heavy atom. The zero-order chi connectivity index (χ0) is 60.5. The van der Waals surface area contributed by atoms with E-state index in [2.05, 4.69) is 16.0 Å². The van der Waals surface area contributed by atoms with Crippen molar-refractivity contribution in [2.75, 3.05) is 46.4 Å². The average Bonchev–Trinajstić information content (AvgIpc) is 2.42. The Bertz CT molecular complexity index is 3310. The number of hydrogen-bond donors (Lipinski definition) is 3. The van der Waals surface area contributed by atoms with Crippen molar-refractivity contribution < 1.29 is 57.2 Å². The molecule has 448 valence electrons. The molecular formula is C65H76N8O12. The van der Waals surface area contributed by atoms with Crippen LogP contribution >= 0.6 is 0 Å². The normalized spacial score (nSPS) is 18.4. The highest BCUT2D eigenvalue weighted by Crippen LogP contribution is 2.42. The molecule has 0 bridgehead atoms. The first kappa shape index (κ1) is 60.8. The summed E-state index contributed by atoms with van der Waals surface area (Å²) in [5, 5.41) is 8.42. The van der Waals surface area contributed by atoms with Crippen LogP contribution in [0.1, 0.15) is 131 Å². The number of nitrogens with zero attached hydrogens (tertiary/aromatic N) is 5. The molecule has 5 aliphatic heterocycles. The number of methoxy groups -OCH3 is 3. The maximum Gasteiger partial charge on any atom is 0.260 e. The number of hydrogen-bond acceptors (Lipinski definition) is 14. The maximum atomic E-state index is 14.2. The van der Waals surface area contributed by atoms with Gasteiger partial charge in [-0.1, -0.05) is 71.2 Å². The maximum absolute atomic E-state index is 14.2. The lowest BCUT2D eigenvalue weighted by atomic mass is 9.87. The highest BCUT2D eigenvalue weighted by Gasteiger charge is 2.41. The molecule has 5 atom stereocenters. The van der Waals surface area contributed by atoms with E-state index in [1.807, 2.05) is 76.5 Å². The van der Waals surface area contributed by atoms with Crippen LogP contribution in [0.2, 0.25) is 0 Å². The van der Waals surface area contributed by atoms with Crippen molar-refractivity contribution in [1.29, 1.82) is 0 Å². The molecule has 0 saturated carbocycles. The van der Waals surface area contributed by atoms with Crippen molar-refractivity contribution in [1.82, 2.24) is 25.3 Å². The molecule has 7 amide bonds. The molecule has 4 aromatic rings. The number of benzene rings is 4. The van der Waals surface area contributed by atoms with Gasteiger partial charge in [0.1, 0.15) is 17.8 Å². The number of imide groups is 1. The summed E-state index contributed by atoms with van der Waals surface area (Å²) in [6.07, 6.45) is 12.7. The van der Waals surface area contributed by atoms with Crippen LogP contribution in [-0.2, 0) is 24.0 Å². The summed E-state index contributed by atoms with van der Waals surface area (Å²) in [6, 6.07) is 19.3. The predicted octanol–water partition coefficient (Wildman–Crippen LogP) is 9.46. The standard InChI is InChI=1S/C65H76N8O12/c1-9-40(10-2)49-31-59(75)71(63(49)78)24-13-11-12-15-58(74)70-60(38(3)4)62(77)68-39(5)61(76)69-45-20-16-41(17-21-45)43-27-46-34-66-52-32-56(54(82-7)29-50(52)64(79)72(46)36-43)84-25-14-26-85-57-33-53-51(30-55(57)83-8)65(80)73-37-44(28-47(73)35-67-53)42-18-22-48(81-6)23-19-42/h16-23,29-30,32-40,46-47,49,60H,9-15,24-28,31H2,1-8H3,(H,68,77)(H,69,76)(H,70,74)/t39-,46?,47-,49?,60?/m0/s1. The van der Waals surface area contributed by atoms with E-state index in [9.17, 15) is 33.6 Å². The van der Waals surface area contributed by atoms with E-state index in [-0.39, 0.29) is 85.4 Å². The Hall–Kier alpha value is -8.81. The lowest BCUT2D eigenvalue weighted by molar-refractivity contribution is -0.140. The molecule has 0 spiro atoms. The number of ether oxygens (including phenoxy) is 5. The Balaban J connectivity index is 0.724. The molecule has 3 N–H and O–H groups in total. The van der Waals surface area contributed by atoms with E-state index in [1.165, 1.54) is 19.1 Å². The fourth-order valence-electron chi connectivity index (χ4n) is 11.4. The van der Waals surface area contributed by atoms with Gasteiger partial charge in [-0.05, 0) is 90.3 Å². The molecule has 85 heavy (non-hydrogen) atoms. The number of anilines is 1. The van der Waals surface area contributed by atoms with Crippen LogP contribution in [0.5, 0.6) is 28.7 Å². The Labute approximate surface area is 496 Å². The van der Waals surface area contributed by atoms with Crippen LogP contribution in [-0.4, -0.2) is 134 Å². The first-order chi connectivity index (χ1) is 41.0. The average molecular weight is 1160 g/mol. The summed E-state index contributed by atoms with van der Waals surface area (Å²) in [4.78, 5) is 107. The number of carbonyl (C=O) groups excluding carboxylic acids is 7. The zero-order valence-corrected chi connectivity index (χ0v) is 49.6. The number of amides is 7. The van der Waals surface area contributed by atoms with Crippen molar-refractivity contribution >= 4 is 82.0 Å². The number of unbranched alkanes of at least 4 members (excludes halogenated alkanes) is 2. The molecule has 4 aromatic carbocycles. The van der Waals surface area contributed by atoms with Crippen molar-refractivity contribution in [2.24, 2.45) is 27.7 Å². The summed E-state index contributed by atoms with van der Waals surface area (Å²) in [5.74, 6) is 0.198. The first-order valence-corrected chi connectivity index (χ1v) is 29.4. The monoisotopic (exact) mass is 1160 g/mol. The van der Waals surface area contributed by atoms with Crippen LogP contribution in [0, 0.1) is 17.8 Å². The topological polar surface area (TPSA) is 236 Å². The summed E-state index contributed by atoms with van der Waals surface area (Å²) in [6.45, 7) is 10.1. The summed E-state index contributed by atoms with van der Waals surface area (Å²) >= 11 is 0. The van der Waals surface area contributed by atoms with Gasteiger partial charge >= 0.3 is 0 Å². The molecule has 3 unspecified atom stereocenters. The molecule has 1 saturated heterocycles. The molecule has 0 aliphatic carbocycles. The second-order valence-corrected chi connectivity index (χ2v) is 22.3. The second kappa shape index (κ2) is 27.3. The number of rotatable bonds is 26. The Morgan fingerprint density at radius 1 is 0.624 bits per heavy atom. The smallest absolute Gasteiger partial charge is 0.260 e. The summed E-state index contributed by atoms with van der Waals surface area (Å²) in [7, 11) is 4.66. The SMILES string of the molecule is CCC(CC)C1CC(=O)N(CCCCCC(=O)NC(C(=O)N[C@@H](C)C(=O)Nc2ccc(C3=CN4C(=O)c5cc(OC)c(OCCCOc6cc7c(cc6OC)C(=O)N6C=C(c8ccc(OC)cc8)C[C@H]6C=N7)cc5N=CC4C3)cc2)C(C)C)C1=O. The number of carbonyl (C=O) groups is 7. The zero-order valence-electron chi connectivity index (χ0n) is 49.6. The number of nitrogens with one attached hydrogen (secondary N) is 3. The molecule has 9 rings (SSSR count). The van der Waals surface area contributed by atoms with Gasteiger partial charge in [-0.2, -0.15) is 0 Å². The molecule has 20 heteroatoms. The van der Waals surface area contributed by atoms with Crippen molar-refractivity contribution in [3.63, 3.8) is 0 Å². The minimum Gasteiger partial charge on any atom is -0.497 e. The van der Waals surface area contributed by atoms with Crippen LogP contribution in [0.25, 0.3) is 11.1 Å². The minimum atomic E-state index is -0.926. The molecule has 0 aromatic heterocycles. The van der Waals surface area contributed by atoms with Gasteiger partial charge in [-0.25, -0.2) is 0 Å². The second-order valence-electron chi connectivity index (χ2n) is 22.3. The number of likely N-dealkylation sites (tertiary alicyclic amines) is 1. The molecule has 5 aliphatic rings. The van der Waals surface area contributed by atoms with Gasteiger partial charge in [0.25, 0.3) is 11.8 Å². The van der Waals surface area contributed by atoms with E-state index in [1.54, 1.807) is 72.7 Å². The lowest BCUT2D eigenvalue weighted by Crippen LogP contribution is -2.53. The van der Waals surface area contributed by atoms with Gasteiger partial charge in [0, 0.05) is 81.3 Å². The highest BCUT2D eigenvalue weighted by atomic mass is 16.5. The largest absolute Gasteiger partial charge is 0.497 e. The lowest BCUT2D eigenvalue weighted by Gasteiger charge is -2.24. The van der Waals surface area contributed by atoms with Crippen molar-refractivity contribution in [3.05, 3.63) is 107 Å². The fraction of sp³-hybridized carbons (Fsp3) is 0.431. The van der Waals surface area contributed by atoms with Gasteiger partial charge in [-0.3, -0.25) is 48.4 Å². The van der Waals surface area contributed by atoms with E-state index >= 15 is 0 Å². The third kappa shape index (κ3) is 13.7. The van der Waals surface area contributed by atoms with Crippen molar-refractivity contribution in [3.8, 4) is 28.7 Å². The van der Waals surface area contributed by atoms with Gasteiger partial charge in [0.15, 0.2) is 23.0 Å². The van der Waals surface area contributed by atoms with E-state index in [0.29, 0.717) is 96.3 Å². The number of aliphatic imine (C=N–C) groups is 2. The van der Waals surface area contributed by atoms with E-state index in [0.717, 1.165) is 40.9 Å². The van der Waals surface area contributed by atoms with E-state index in [4.69, 9.17) is 33.7 Å². The Kier molecular flexibility index (Phi) is 19.5. The van der Waals surface area contributed by atoms with Gasteiger partial charge < -0.3 is 49.4 Å². The minimum absolute atomic E-state index is 0.0850. The fourth-order valence-corrected chi connectivity index (χ4v) is 11.4. The predicted molar refractivity (Wildman–Crippen MR) is 323 cm³/mol. The van der Waals surface area contributed by atoms with Gasteiger partial charge in [-0.15, -0.1) is 0 Å². The number of fused-ring (bicyclic) bond motifs is 4. The third-order valence-electron chi connectivity index (χ3n) is 16.4. The van der Waals surface area contributed by atoms with E-state index < -0.39 is 23.9 Å². The van der Waals surface area contributed by atoms with Crippen LogP contribution in [0.4, 0.5) is 17.1 Å². The highest BCUT2D eigenvalue weighted by molar-refractivity contribution is 6.07. The van der Waals surface area contributed by atoms with Gasteiger partial charge in [0.2, 0.25) is 29.5 Å². The van der Waals surface area contributed by atoms with Crippen LogP contribution in [0.3, 0.4) is 0 Å². The Morgan fingerprint density at radius 2 is 1.16 bits per heavy atom.